The Hall–Kier alpha value is -2.37. The van der Waals surface area contributed by atoms with Gasteiger partial charge in [-0.3, -0.25) is 14.4 Å². The normalized spacial score (nSPS) is 20.5. The standard InChI is InChI=1S/C16H20N2O4/c1-10(16(21)22)17-15(20)13-8-14(19)18(9-13)11(2)12-6-4-3-5-7-12/h3-7,10-11,13H,8-9H2,1-2H3,(H,17,20)(H,21,22)/t10-,11?,13?/m0/s1. The zero-order valence-corrected chi connectivity index (χ0v) is 12.7. The van der Waals surface area contributed by atoms with Gasteiger partial charge in [0.05, 0.1) is 12.0 Å². The van der Waals surface area contributed by atoms with Gasteiger partial charge in [-0.15, -0.1) is 0 Å². The smallest absolute Gasteiger partial charge is 0.325 e. The van der Waals surface area contributed by atoms with E-state index in [0.717, 1.165) is 5.56 Å². The van der Waals surface area contributed by atoms with E-state index < -0.39 is 17.9 Å². The van der Waals surface area contributed by atoms with Crippen molar-refractivity contribution in [1.82, 2.24) is 10.2 Å². The van der Waals surface area contributed by atoms with Crippen molar-refractivity contribution in [3.8, 4) is 0 Å². The SMILES string of the molecule is CC(c1ccccc1)N1CC(C(=O)N[C@@H](C)C(=O)O)CC1=O. The van der Waals surface area contributed by atoms with Crippen LogP contribution in [-0.2, 0) is 14.4 Å². The van der Waals surface area contributed by atoms with E-state index in [4.69, 9.17) is 5.11 Å². The molecule has 2 rings (SSSR count). The van der Waals surface area contributed by atoms with Crippen molar-refractivity contribution in [1.29, 1.82) is 0 Å². The van der Waals surface area contributed by atoms with E-state index in [-0.39, 0.29) is 24.3 Å². The molecule has 2 amide bonds. The minimum absolute atomic E-state index is 0.0838. The van der Waals surface area contributed by atoms with E-state index in [1.807, 2.05) is 37.3 Å². The molecule has 0 aromatic heterocycles. The van der Waals surface area contributed by atoms with Gasteiger partial charge in [0, 0.05) is 13.0 Å². The molecule has 0 radical (unpaired) electrons. The lowest BCUT2D eigenvalue weighted by molar-refractivity contribution is -0.141. The number of carboxylic acids is 1. The van der Waals surface area contributed by atoms with E-state index in [1.54, 1.807) is 4.90 Å². The third-order valence-corrected chi connectivity index (χ3v) is 4.01. The Balaban J connectivity index is 2.01. The minimum Gasteiger partial charge on any atom is -0.480 e. The van der Waals surface area contributed by atoms with Gasteiger partial charge in [0.25, 0.3) is 0 Å². The zero-order valence-electron chi connectivity index (χ0n) is 12.7. The van der Waals surface area contributed by atoms with Crippen LogP contribution in [0.15, 0.2) is 30.3 Å². The molecule has 1 saturated heterocycles. The zero-order chi connectivity index (χ0) is 16.3. The first kappa shape index (κ1) is 16.0. The van der Waals surface area contributed by atoms with Crippen LogP contribution in [0.5, 0.6) is 0 Å². The number of likely N-dealkylation sites (tertiary alicyclic amines) is 1. The average Bonchev–Trinajstić information content (AvgIpc) is 2.89. The van der Waals surface area contributed by atoms with Crippen molar-refractivity contribution in [2.24, 2.45) is 5.92 Å². The summed E-state index contributed by atoms with van der Waals surface area (Å²) in [5, 5.41) is 11.2. The Labute approximate surface area is 129 Å². The van der Waals surface area contributed by atoms with Crippen LogP contribution >= 0.6 is 0 Å². The molecule has 1 aliphatic rings. The van der Waals surface area contributed by atoms with Crippen LogP contribution in [0.2, 0.25) is 0 Å². The maximum Gasteiger partial charge on any atom is 0.325 e. The predicted molar refractivity (Wildman–Crippen MR) is 79.9 cm³/mol. The van der Waals surface area contributed by atoms with Crippen LogP contribution in [0.25, 0.3) is 0 Å². The summed E-state index contributed by atoms with van der Waals surface area (Å²) in [5.74, 6) is -2.06. The molecule has 2 unspecified atom stereocenters. The lowest BCUT2D eigenvalue weighted by atomic mass is 10.1. The molecule has 0 spiro atoms. The molecule has 0 bridgehead atoms. The predicted octanol–water partition coefficient (Wildman–Crippen LogP) is 1.19. The molecular formula is C16H20N2O4. The highest BCUT2D eigenvalue weighted by Gasteiger charge is 2.37. The number of aliphatic carboxylic acids is 1. The monoisotopic (exact) mass is 304 g/mol. The first-order chi connectivity index (χ1) is 10.4. The molecule has 0 aliphatic carbocycles. The number of carbonyl (C=O) groups is 3. The fourth-order valence-corrected chi connectivity index (χ4v) is 2.59. The molecule has 22 heavy (non-hydrogen) atoms. The van der Waals surface area contributed by atoms with Gasteiger partial charge in [-0.25, -0.2) is 0 Å². The third kappa shape index (κ3) is 3.44. The fourth-order valence-electron chi connectivity index (χ4n) is 2.59. The van der Waals surface area contributed by atoms with Gasteiger partial charge in [-0.1, -0.05) is 30.3 Å². The minimum atomic E-state index is -1.09. The fraction of sp³-hybridized carbons (Fsp3) is 0.438. The molecule has 1 aromatic carbocycles. The molecule has 1 heterocycles. The van der Waals surface area contributed by atoms with Gasteiger partial charge in [-0.2, -0.15) is 0 Å². The second-order valence-electron chi connectivity index (χ2n) is 5.60. The highest BCUT2D eigenvalue weighted by molar-refractivity contribution is 5.91. The number of nitrogens with zero attached hydrogens (tertiary/aromatic N) is 1. The molecular weight excluding hydrogens is 284 g/mol. The second kappa shape index (κ2) is 6.60. The molecule has 118 valence electrons. The summed E-state index contributed by atoms with van der Waals surface area (Å²) in [6.45, 7) is 3.64. The van der Waals surface area contributed by atoms with Crippen LogP contribution in [0.1, 0.15) is 31.9 Å². The van der Waals surface area contributed by atoms with Gasteiger partial charge >= 0.3 is 5.97 Å². The van der Waals surface area contributed by atoms with Crippen LogP contribution in [-0.4, -0.2) is 40.4 Å². The van der Waals surface area contributed by atoms with Crippen molar-refractivity contribution >= 4 is 17.8 Å². The van der Waals surface area contributed by atoms with Crippen molar-refractivity contribution in [3.63, 3.8) is 0 Å². The maximum absolute atomic E-state index is 12.2. The molecule has 6 heteroatoms. The largest absolute Gasteiger partial charge is 0.480 e. The van der Waals surface area contributed by atoms with E-state index in [9.17, 15) is 14.4 Å². The number of carbonyl (C=O) groups excluding carboxylic acids is 2. The van der Waals surface area contributed by atoms with Gasteiger partial charge in [0.15, 0.2) is 0 Å². The number of carboxylic acid groups (broad SMARTS) is 1. The molecule has 6 nitrogen and oxygen atoms in total. The molecule has 0 saturated carbocycles. The quantitative estimate of drug-likeness (QED) is 0.855. The number of amides is 2. The first-order valence-electron chi connectivity index (χ1n) is 7.27. The lowest BCUT2D eigenvalue weighted by Crippen LogP contribution is -2.42. The van der Waals surface area contributed by atoms with Crippen molar-refractivity contribution in [3.05, 3.63) is 35.9 Å². The van der Waals surface area contributed by atoms with Crippen LogP contribution in [0, 0.1) is 5.92 Å². The maximum atomic E-state index is 12.2. The Morgan fingerprint density at radius 3 is 2.50 bits per heavy atom. The summed E-state index contributed by atoms with van der Waals surface area (Å²) >= 11 is 0. The van der Waals surface area contributed by atoms with Gasteiger partial charge in [0.2, 0.25) is 11.8 Å². The Morgan fingerprint density at radius 2 is 1.91 bits per heavy atom. The number of hydrogen-bond acceptors (Lipinski definition) is 3. The summed E-state index contributed by atoms with van der Waals surface area (Å²) in [7, 11) is 0. The van der Waals surface area contributed by atoms with E-state index in [1.165, 1.54) is 6.92 Å². The second-order valence-corrected chi connectivity index (χ2v) is 5.60. The summed E-state index contributed by atoms with van der Waals surface area (Å²) in [6, 6.07) is 8.55. The highest BCUT2D eigenvalue weighted by Crippen LogP contribution is 2.28. The summed E-state index contributed by atoms with van der Waals surface area (Å²) in [5.41, 5.74) is 1.01. The molecule has 1 aromatic rings. The molecule has 1 aliphatic heterocycles. The number of benzene rings is 1. The number of nitrogens with one attached hydrogen (secondary N) is 1. The van der Waals surface area contributed by atoms with Crippen molar-refractivity contribution in [2.75, 3.05) is 6.54 Å². The van der Waals surface area contributed by atoms with Crippen LogP contribution < -0.4 is 5.32 Å². The summed E-state index contributed by atoms with van der Waals surface area (Å²) in [4.78, 5) is 36.7. The first-order valence-corrected chi connectivity index (χ1v) is 7.27. The Morgan fingerprint density at radius 1 is 1.27 bits per heavy atom. The molecule has 1 fully saturated rings. The average molecular weight is 304 g/mol. The van der Waals surface area contributed by atoms with Crippen LogP contribution in [0.3, 0.4) is 0 Å². The van der Waals surface area contributed by atoms with E-state index in [2.05, 4.69) is 5.32 Å². The highest BCUT2D eigenvalue weighted by atomic mass is 16.4. The number of hydrogen-bond donors (Lipinski definition) is 2. The van der Waals surface area contributed by atoms with E-state index >= 15 is 0 Å². The van der Waals surface area contributed by atoms with Crippen molar-refractivity contribution < 1.29 is 19.5 Å². The Kier molecular flexibility index (Phi) is 4.80. The number of rotatable bonds is 5. The van der Waals surface area contributed by atoms with E-state index in [0.29, 0.717) is 6.54 Å². The summed E-state index contributed by atoms with van der Waals surface area (Å²) in [6.07, 6.45) is 0.120. The Bertz CT molecular complexity index is 573. The third-order valence-electron chi connectivity index (χ3n) is 4.01. The van der Waals surface area contributed by atoms with Gasteiger partial charge in [0.1, 0.15) is 6.04 Å². The summed E-state index contributed by atoms with van der Waals surface area (Å²) < 4.78 is 0. The van der Waals surface area contributed by atoms with Gasteiger partial charge in [-0.05, 0) is 19.4 Å². The lowest BCUT2D eigenvalue weighted by Gasteiger charge is -2.25. The van der Waals surface area contributed by atoms with Crippen molar-refractivity contribution in [2.45, 2.75) is 32.4 Å². The van der Waals surface area contributed by atoms with Gasteiger partial charge < -0.3 is 15.3 Å². The topological polar surface area (TPSA) is 86.7 Å². The molecule has 3 atom stereocenters. The van der Waals surface area contributed by atoms with Crippen LogP contribution in [0.4, 0.5) is 0 Å². The molecule has 2 N–H and O–H groups in total.